The zero-order valence-corrected chi connectivity index (χ0v) is 34.2. The number of aromatic nitrogens is 3. The van der Waals surface area contributed by atoms with Gasteiger partial charge in [-0.3, -0.25) is 0 Å². The van der Waals surface area contributed by atoms with E-state index in [2.05, 4.69) is 114 Å². The van der Waals surface area contributed by atoms with Crippen molar-refractivity contribution in [3.05, 3.63) is 132 Å². The Labute approximate surface area is 316 Å². The first-order valence-electron chi connectivity index (χ1n) is 17.1. The van der Waals surface area contributed by atoms with Crippen molar-refractivity contribution >= 4 is 35.3 Å². The maximum absolute atomic E-state index is 14.4. The molecule has 0 atom stereocenters. The summed E-state index contributed by atoms with van der Waals surface area (Å²) >= 11 is 0. The van der Waals surface area contributed by atoms with Crippen molar-refractivity contribution in [1.82, 2.24) is 15.0 Å². The summed E-state index contributed by atoms with van der Waals surface area (Å²) in [6.45, 7) is 20.4. The predicted molar refractivity (Wildman–Crippen MR) is 208 cm³/mol. The minimum atomic E-state index is -1.37. The number of fused-ring (bicyclic) bond motifs is 3. The Kier molecular flexibility index (Phi) is 11.3. The van der Waals surface area contributed by atoms with Crippen LogP contribution in [-0.2, 0) is 26.5 Å². The van der Waals surface area contributed by atoms with Gasteiger partial charge in [0, 0.05) is 38.7 Å². The summed E-state index contributed by atoms with van der Waals surface area (Å²) in [6, 6.07) is 30.2. The van der Waals surface area contributed by atoms with E-state index in [1.807, 2.05) is 30.3 Å². The molecule has 1 radical (unpaired) electrons. The topological polar surface area (TPSA) is 51.8 Å². The summed E-state index contributed by atoms with van der Waals surface area (Å²) in [6.07, 6.45) is 6.40. The molecule has 51 heavy (non-hydrogen) atoms. The molecule has 0 saturated carbocycles. The Balaban J connectivity index is 0.000000205. The van der Waals surface area contributed by atoms with Crippen molar-refractivity contribution in [3.63, 3.8) is 0 Å². The fraction of sp³-hybridized carbons (Fsp3) is 0.250. The van der Waals surface area contributed by atoms with Crippen LogP contribution < -0.4 is 5.19 Å². The van der Waals surface area contributed by atoms with Gasteiger partial charge in [-0.25, -0.2) is 9.37 Å². The van der Waals surface area contributed by atoms with E-state index < -0.39 is 8.07 Å². The van der Waals surface area contributed by atoms with Gasteiger partial charge < -0.3 is 14.4 Å². The van der Waals surface area contributed by atoms with Gasteiger partial charge >= 0.3 is 0 Å². The molecule has 0 amide bonds. The SMILES string of the molecule is CC(C)(C)Cc1cc(-c2[c-]cccc2)ncc1[Si](C)(C)C.Cc1cc(C)c(-c2ccnc(-c3[c-]ccc4c3oc3nccc(F)c34)c2)c(C)c1.[Ir]. The summed E-state index contributed by atoms with van der Waals surface area (Å²) in [4.78, 5) is 13.4. The molecule has 0 saturated heterocycles. The fourth-order valence-electron chi connectivity index (χ4n) is 6.76. The zero-order chi connectivity index (χ0) is 35.8. The number of rotatable bonds is 5. The molecule has 263 valence electrons. The third-order valence-corrected chi connectivity index (χ3v) is 10.8. The third-order valence-electron chi connectivity index (χ3n) is 8.77. The second kappa shape index (κ2) is 15.1. The number of furan rings is 1. The van der Waals surface area contributed by atoms with Crippen LogP contribution >= 0.6 is 0 Å². The van der Waals surface area contributed by atoms with Crippen molar-refractivity contribution in [3.8, 4) is 33.6 Å². The summed E-state index contributed by atoms with van der Waals surface area (Å²) in [7, 11) is -1.37. The second-order valence-corrected chi connectivity index (χ2v) is 20.4. The van der Waals surface area contributed by atoms with Gasteiger partial charge in [-0.2, -0.15) is 0 Å². The van der Waals surface area contributed by atoms with Crippen LogP contribution in [0.2, 0.25) is 19.6 Å². The monoisotopic (exact) mass is 870 g/mol. The maximum atomic E-state index is 14.4. The number of hydrogen-bond acceptors (Lipinski definition) is 4. The smallest absolute Gasteiger partial charge is 0.219 e. The van der Waals surface area contributed by atoms with Crippen molar-refractivity contribution in [1.29, 1.82) is 0 Å². The van der Waals surface area contributed by atoms with Gasteiger partial charge in [0.25, 0.3) is 0 Å². The number of aryl methyl sites for hydroxylation is 3. The molecule has 3 aromatic carbocycles. The summed E-state index contributed by atoms with van der Waals surface area (Å²) in [5.41, 5.74) is 12.1. The molecule has 4 aromatic heterocycles. The average Bonchev–Trinajstić information content (AvgIpc) is 3.44. The van der Waals surface area contributed by atoms with Crippen LogP contribution in [0.15, 0.2) is 95.8 Å². The Bertz CT molecular complexity index is 2300. The Morgan fingerprint density at radius 2 is 1.53 bits per heavy atom. The summed E-state index contributed by atoms with van der Waals surface area (Å²) < 4.78 is 20.3. The minimum Gasteiger partial charge on any atom is -0.486 e. The quantitative estimate of drug-likeness (QED) is 0.128. The number of pyridine rings is 3. The molecular weight excluding hydrogens is 826 g/mol. The first-order chi connectivity index (χ1) is 23.7. The molecule has 7 rings (SSSR count). The van der Waals surface area contributed by atoms with Gasteiger partial charge in [0.05, 0.1) is 19.0 Å². The largest absolute Gasteiger partial charge is 0.486 e. The average molecular weight is 870 g/mol. The van der Waals surface area contributed by atoms with E-state index in [1.165, 1.54) is 45.3 Å². The summed E-state index contributed by atoms with van der Waals surface area (Å²) in [5.74, 6) is -0.349. The normalized spacial score (nSPS) is 11.6. The van der Waals surface area contributed by atoms with E-state index in [0.29, 0.717) is 21.9 Å². The van der Waals surface area contributed by atoms with Crippen LogP contribution in [-0.4, -0.2) is 23.0 Å². The first-order valence-corrected chi connectivity index (χ1v) is 20.6. The predicted octanol–water partition coefficient (Wildman–Crippen LogP) is 11.3. The molecule has 0 fully saturated rings. The van der Waals surface area contributed by atoms with Gasteiger partial charge in [-0.15, -0.1) is 54.1 Å². The van der Waals surface area contributed by atoms with E-state index in [0.717, 1.165) is 28.9 Å². The van der Waals surface area contributed by atoms with Crippen LogP contribution in [0.4, 0.5) is 4.39 Å². The van der Waals surface area contributed by atoms with Gasteiger partial charge in [-0.1, -0.05) is 86.8 Å². The molecule has 4 nitrogen and oxygen atoms in total. The van der Waals surface area contributed by atoms with Crippen molar-refractivity contribution in [2.24, 2.45) is 5.41 Å². The molecule has 0 aliphatic carbocycles. The van der Waals surface area contributed by atoms with Crippen LogP contribution in [0.1, 0.15) is 43.0 Å². The first kappa shape index (κ1) is 37.9. The van der Waals surface area contributed by atoms with Gasteiger partial charge in [0.2, 0.25) is 5.71 Å². The zero-order valence-electron chi connectivity index (χ0n) is 30.8. The van der Waals surface area contributed by atoms with Crippen molar-refractivity contribution < 1.29 is 28.9 Å². The molecule has 4 heterocycles. The number of nitrogens with zero attached hydrogens (tertiary/aromatic N) is 3. The molecule has 7 aromatic rings. The van der Waals surface area contributed by atoms with Gasteiger partial charge in [-0.05, 0) is 83.6 Å². The molecule has 0 aliphatic heterocycles. The van der Waals surface area contributed by atoms with Crippen LogP contribution in [0.5, 0.6) is 0 Å². The maximum Gasteiger partial charge on any atom is 0.219 e. The van der Waals surface area contributed by atoms with E-state index in [4.69, 9.17) is 9.40 Å². The Morgan fingerprint density at radius 3 is 2.20 bits per heavy atom. The van der Waals surface area contributed by atoms with E-state index >= 15 is 0 Å². The fourth-order valence-corrected chi connectivity index (χ4v) is 8.34. The number of benzene rings is 3. The second-order valence-electron chi connectivity index (χ2n) is 15.4. The van der Waals surface area contributed by atoms with E-state index in [1.54, 1.807) is 18.3 Å². The molecular formula is C44H44FIrN3OSi-2. The van der Waals surface area contributed by atoms with Crippen LogP contribution in [0.3, 0.4) is 0 Å². The summed E-state index contributed by atoms with van der Waals surface area (Å²) in [5, 5.41) is 2.55. The van der Waals surface area contributed by atoms with Crippen molar-refractivity contribution in [2.75, 3.05) is 0 Å². The van der Waals surface area contributed by atoms with Gasteiger partial charge in [0.1, 0.15) is 5.82 Å². The molecule has 0 N–H and O–H groups in total. The molecule has 0 aliphatic rings. The van der Waals surface area contributed by atoms with Gasteiger partial charge in [0.15, 0.2) is 0 Å². The Hall–Kier alpha value is -4.29. The van der Waals surface area contributed by atoms with Crippen molar-refractivity contribution in [2.45, 2.75) is 67.6 Å². The van der Waals surface area contributed by atoms with Crippen LogP contribution in [0.25, 0.3) is 55.7 Å². The number of halogens is 1. The minimum absolute atomic E-state index is 0. The third kappa shape index (κ3) is 8.44. The number of hydrogen-bond donors (Lipinski definition) is 0. The van der Waals surface area contributed by atoms with E-state index in [9.17, 15) is 4.39 Å². The molecule has 0 spiro atoms. The molecule has 0 bridgehead atoms. The van der Waals surface area contributed by atoms with Crippen LogP contribution in [0, 0.1) is 44.1 Å². The van der Waals surface area contributed by atoms with E-state index in [-0.39, 0.29) is 37.1 Å². The Morgan fingerprint density at radius 1 is 0.804 bits per heavy atom. The molecule has 7 heteroatoms. The molecule has 0 unspecified atom stereocenters. The standard InChI is InChI=1S/C25H18FN2O.C19H26NSi.Ir/c1-14-11-15(2)22(16(3)12-14)17-7-9-27-21(13-17)18-5-4-6-19-23-20(26)8-10-28-25(23)29-24(18)19;1-19(2,3)13-16-12-17(15-10-8-7-9-11-15)20-14-18(16)21(4,5)6;/h4,6-13H,1-3H3;7-10,12,14H,13H2,1-6H3;/q2*-1;.